The van der Waals surface area contributed by atoms with Crippen LogP contribution in [0.15, 0.2) is 0 Å². The number of halogens is 4. The molecule has 1 aromatic carbocycles. The van der Waals surface area contributed by atoms with E-state index in [9.17, 15) is 17.6 Å². The van der Waals surface area contributed by atoms with Crippen molar-refractivity contribution in [2.24, 2.45) is 0 Å². The molecule has 0 aliphatic heterocycles. The van der Waals surface area contributed by atoms with Gasteiger partial charge in [0.25, 0.3) is 0 Å². The molecule has 0 amide bonds. The summed E-state index contributed by atoms with van der Waals surface area (Å²) in [5.41, 5.74) is 0. The van der Waals surface area contributed by atoms with Gasteiger partial charge in [0.2, 0.25) is 11.6 Å². The van der Waals surface area contributed by atoms with Crippen molar-refractivity contribution in [3.8, 4) is 5.75 Å². The van der Waals surface area contributed by atoms with Crippen LogP contribution in [-0.4, -0.2) is 6.61 Å². The first-order valence-corrected chi connectivity index (χ1v) is 3.96. The Morgan fingerprint density at radius 1 is 1.07 bits per heavy atom. The topological polar surface area (TPSA) is 9.23 Å². The molecule has 0 unspecified atom stereocenters. The summed E-state index contributed by atoms with van der Waals surface area (Å²) in [7, 11) is 0. The quantitative estimate of drug-likeness (QED) is 0.420. The van der Waals surface area contributed by atoms with Gasteiger partial charge in [-0.25, -0.2) is 13.2 Å². The van der Waals surface area contributed by atoms with Crippen LogP contribution in [0.5, 0.6) is 5.75 Å². The zero-order valence-corrected chi connectivity index (χ0v) is 7.33. The predicted octanol–water partition coefficient (Wildman–Crippen LogP) is 2.83. The average Bonchev–Trinajstić information content (AvgIpc) is 2.18. The Bertz CT molecular complexity index is 338. The minimum absolute atomic E-state index is 0.0813. The van der Waals surface area contributed by atoms with Crippen molar-refractivity contribution in [3.63, 3.8) is 0 Å². The van der Waals surface area contributed by atoms with Crippen molar-refractivity contribution in [1.82, 2.24) is 0 Å². The maximum absolute atomic E-state index is 12.8. The molecule has 5 heteroatoms. The van der Waals surface area contributed by atoms with Crippen LogP contribution in [0.25, 0.3) is 0 Å². The summed E-state index contributed by atoms with van der Waals surface area (Å²) in [5.74, 6) is -7.64. The minimum atomic E-state index is -1.88. The normalized spacial score (nSPS) is 10.4. The van der Waals surface area contributed by atoms with E-state index < -0.39 is 29.0 Å². The smallest absolute Gasteiger partial charge is 0.204 e. The van der Waals surface area contributed by atoms with Crippen LogP contribution in [0, 0.1) is 29.3 Å². The first-order valence-electron chi connectivity index (χ1n) is 3.96. The number of hydrogen-bond acceptors (Lipinski definition) is 1. The second-order valence-electron chi connectivity index (χ2n) is 2.56. The van der Waals surface area contributed by atoms with E-state index in [4.69, 9.17) is 0 Å². The monoisotopic (exact) mass is 207 g/mol. The molecule has 0 bridgehead atoms. The van der Waals surface area contributed by atoms with Gasteiger partial charge in [-0.15, -0.1) is 0 Å². The van der Waals surface area contributed by atoms with E-state index in [2.05, 4.69) is 4.74 Å². The molecule has 14 heavy (non-hydrogen) atoms. The summed E-state index contributed by atoms with van der Waals surface area (Å²) in [5, 5.41) is 0. The van der Waals surface area contributed by atoms with Crippen molar-refractivity contribution in [2.75, 3.05) is 6.61 Å². The van der Waals surface area contributed by atoms with Gasteiger partial charge in [-0.3, -0.25) is 0 Å². The summed E-state index contributed by atoms with van der Waals surface area (Å²) >= 11 is 0. The summed E-state index contributed by atoms with van der Waals surface area (Å²) in [6.45, 7) is 1.81. The molecular weight excluding hydrogens is 200 g/mol. The van der Waals surface area contributed by atoms with Crippen LogP contribution >= 0.6 is 0 Å². The van der Waals surface area contributed by atoms with Gasteiger partial charge in [0.15, 0.2) is 17.4 Å². The highest BCUT2D eigenvalue weighted by molar-refractivity contribution is 5.25. The third kappa shape index (κ3) is 1.97. The largest absolute Gasteiger partial charge is 0.490 e. The molecule has 0 fully saturated rings. The van der Waals surface area contributed by atoms with Crippen LogP contribution < -0.4 is 4.74 Å². The van der Waals surface area contributed by atoms with Crippen molar-refractivity contribution in [3.05, 3.63) is 29.3 Å². The Morgan fingerprint density at radius 2 is 1.71 bits per heavy atom. The first-order chi connectivity index (χ1) is 6.57. The molecule has 77 valence electrons. The Labute approximate surface area is 78.3 Å². The maximum atomic E-state index is 12.8. The Kier molecular flexibility index (Phi) is 3.33. The van der Waals surface area contributed by atoms with E-state index in [1.807, 2.05) is 0 Å². The van der Waals surface area contributed by atoms with E-state index in [0.717, 1.165) is 0 Å². The first kappa shape index (κ1) is 10.8. The van der Waals surface area contributed by atoms with Gasteiger partial charge in [-0.1, -0.05) is 6.92 Å². The van der Waals surface area contributed by atoms with E-state index in [0.29, 0.717) is 6.42 Å². The molecule has 0 aliphatic rings. The fourth-order valence-corrected chi connectivity index (χ4v) is 0.805. The number of ether oxygens (including phenoxy) is 1. The van der Waals surface area contributed by atoms with Gasteiger partial charge in [0.1, 0.15) is 0 Å². The molecule has 0 atom stereocenters. The SMILES string of the molecule is CCCOc1[c]c(F)c(F)c(F)c1F. The number of rotatable bonds is 3. The summed E-state index contributed by atoms with van der Waals surface area (Å²) in [6, 6.07) is 1.64. The fraction of sp³-hybridized carbons (Fsp3) is 0.333. The molecule has 0 N–H and O–H groups in total. The average molecular weight is 207 g/mol. The van der Waals surface area contributed by atoms with Gasteiger partial charge in [-0.05, 0) is 6.42 Å². The summed E-state index contributed by atoms with van der Waals surface area (Å²) in [4.78, 5) is 0. The Hall–Kier alpha value is -1.26. The lowest BCUT2D eigenvalue weighted by Crippen LogP contribution is -2.03. The molecule has 0 saturated heterocycles. The highest BCUT2D eigenvalue weighted by atomic mass is 19.2. The second-order valence-corrected chi connectivity index (χ2v) is 2.56. The number of benzene rings is 1. The lowest BCUT2D eigenvalue weighted by Gasteiger charge is -2.06. The van der Waals surface area contributed by atoms with Gasteiger partial charge in [-0.2, -0.15) is 4.39 Å². The van der Waals surface area contributed by atoms with Crippen LogP contribution in [0.2, 0.25) is 0 Å². The van der Waals surface area contributed by atoms with Crippen LogP contribution in [0.4, 0.5) is 17.6 Å². The van der Waals surface area contributed by atoms with E-state index >= 15 is 0 Å². The molecule has 0 spiro atoms. The predicted molar refractivity (Wildman–Crippen MR) is 40.9 cm³/mol. The maximum Gasteiger partial charge on any atom is 0.204 e. The summed E-state index contributed by atoms with van der Waals surface area (Å²) < 4.78 is 55.0. The van der Waals surface area contributed by atoms with Crippen LogP contribution in [0.1, 0.15) is 13.3 Å². The standard InChI is InChI=1S/C9H7F4O/c1-2-3-14-6-4-5(10)7(11)9(13)8(6)12/h2-3H2,1H3. The molecule has 1 aromatic rings. The number of hydrogen-bond donors (Lipinski definition) is 0. The van der Waals surface area contributed by atoms with E-state index in [-0.39, 0.29) is 6.61 Å². The van der Waals surface area contributed by atoms with Gasteiger partial charge in [0, 0.05) is 0 Å². The zero-order valence-electron chi connectivity index (χ0n) is 7.33. The molecule has 1 nitrogen and oxygen atoms in total. The molecule has 1 radical (unpaired) electrons. The van der Waals surface area contributed by atoms with Gasteiger partial charge in [0.05, 0.1) is 12.7 Å². The second kappa shape index (κ2) is 4.30. The Morgan fingerprint density at radius 3 is 2.29 bits per heavy atom. The molecule has 0 aliphatic carbocycles. The highest BCUT2D eigenvalue weighted by Crippen LogP contribution is 2.23. The van der Waals surface area contributed by atoms with Gasteiger partial charge < -0.3 is 4.74 Å². The van der Waals surface area contributed by atoms with Gasteiger partial charge >= 0.3 is 0 Å². The molecule has 0 aromatic heterocycles. The van der Waals surface area contributed by atoms with Crippen molar-refractivity contribution < 1.29 is 22.3 Å². The Balaban J connectivity index is 3.06. The fourth-order valence-electron chi connectivity index (χ4n) is 0.805. The minimum Gasteiger partial charge on any atom is -0.490 e. The van der Waals surface area contributed by atoms with Crippen LogP contribution in [-0.2, 0) is 0 Å². The van der Waals surface area contributed by atoms with E-state index in [1.54, 1.807) is 13.0 Å². The zero-order chi connectivity index (χ0) is 10.7. The van der Waals surface area contributed by atoms with Crippen LogP contribution in [0.3, 0.4) is 0 Å². The summed E-state index contributed by atoms with van der Waals surface area (Å²) in [6.07, 6.45) is 0.536. The molecule has 0 heterocycles. The lowest BCUT2D eigenvalue weighted by molar-refractivity contribution is 0.285. The van der Waals surface area contributed by atoms with Crippen molar-refractivity contribution in [1.29, 1.82) is 0 Å². The third-order valence-corrected chi connectivity index (χ3v) is 1.45. The molecule has 1 rings (SSSR count). The molecule has 0 saturated carbocycles. The molecular formula is C9H7F4O. The van der Waals surface area contributed by atoms with Crippen molar-refractivity contribution >= 4 is 0 Å². The van der Waals surface area contributed by atoms with E-state index in [1.165, 1.54) is 0 Å². The van der Waals surface area contributed by atoms with Crippen molar-refractivity contribution in [2.45, 2.75) is 13.3 Å². The highest BCUT2D eigenvalue weighted by Gasteiger charge is 2.20. The lowest BCUT2D eigenvalue weighted by atomic mass is 10.3. The third-order valence-electron chi connectivity index (χ3n) is 1.45.